The molecule has 1 aromatic rings. The van der Waals surface area contributed by atoms with Crippen LogP contribution in [-0.4, -0.2) is 24.8 Å². The summed E-state index contributed by atoms with van der Waals surface area (Å²) >= 11 is 0. The predicted octanol–water partition coefficient (Wildman–Crippen LogP) is 1.76. The van der Waals surface area contributed by atoms with Crippen LogP contribution in [0.5, 0.6) is 11.5 Å². The molecular formula is C15H19NO5. The van der Waals surface area contributed by atoms with E-state index in [4.69, 9.17) is 14.2 Å². The number of amides is 1. The Morgan fingerprint density at radius 3 is 2.86 bits per heavy atom. The van der Waals surface area contributed by atoms with E-state index in [1.165, 1.54) is 0 Å². The number of ether oxygens (including phenoxy) is 3. The van der Waals surface area contributed by atoms with Gasteiger partial charge in [0.25, 0.3) is 5.91 Å². The number of fused-ring (bicyclic) bond motifs is 1. The summed E-state index contributed by atoms with van der Waals surface area (Å²) in [6.07, 6.45) is 0.225. The summed E-state index contributed by atoms with van der Waals surface area (Å²) in [6.45, 7) is 3.99. The Labute approximate surface area is 123 Å². The van der Waals surface area contributed by atoms with Crippen molar-refractivity contribution in [2.24, 2.45) is 0 Å². The summed E-state index contributed by atoms with van der Waals surface area (Å²) in [5.74, 6) is 0.691. The average molecular weight is 293 g/mol. The minimum absolute atomic E-state index is 0.218. The summed E-state index contributed by atoms with van der Waals surface area (Å²) in [4.78, 5) is 23.2. The van der Waals surface area contributed by atoms with Crippen molar-refractivity contribution in [1.29, 1.82) is 0 Å². The molecule has 0 saturated carbocycles. The first kappa shape index (κ1) is 15.2. The first-order chi connectivity index (χ1) is 10.1. The first-order valence-electron chi connectivity index (χ1n) is 6.96. The van der Waals surface area contributed by atoms with Crippen LogP contribution in [0.3, 0.4) is 0 Å². The molecule has 6 heteroatoms. The van der Waals surface area contributed by atoms with E-state index in [1.807, 2.05) is 19.1 Å². The number of hydrogen-bond acceptors (Lipinski definition) is 5. The molecule has 0 bridgehead atoms. The van der Waals surface area contributed by atoms with Gasteiger partial charge in [-0.1, -0.05) is 13.0 Å². The summed E-state index contributed by atoms with van der Waals surface area (Å²) in [7, 11) is 0. The maximum absolute atomic E-state index is 11.8. The molecule has 0 radical (unpaired) electrons. The van der Waals surface area contributed by atoms with Gasteiger partial charge in [0.15, 0.2) is 17.6 Å². The van der Waals surface area contributed by atoms with Crippen LogP contribution in [0, 0.1) is 0 Å². The average Bonchev–Trinajstić information content (AvgIpc) is 2.92. The highest BCUT2D eigenvalue weighted by Gasteiger charge is 2.18. The lowest BCUT2D eigenvalue weighted by atomic mass is 10.2. The highest BCUT2D eigenvalue weighted by Crippen LogP contribution is 2.32. The molecule has 0 saturated heterocycles. The highest BCUT2D eigenvalue weighted by molar-refractivity contribution is 5.83. The van der Waals surface area contributed by atoms with Crippen molar-refractivity contribution in [3.63, 3.8) is 0 Å². The van der Waals surface area contributed by atoms with Crippen LogP contribution >= 0.6 is 0 Å². The second-order valence-electron chi connectivity index (χ2n) is 4.79. The van der Waals surface area contributed by atoms with E-state index < -0.39 is 6.10 Å². The predicted molar refractivity (Wildman–Crippen MR) is 74.9 cm³/mol. The van der Waals surface area contributed by atoms with Crippen LogP contribution in [0.4, 0.5) is 0 Å². The Balaban J connectivity index is 1.82. The Hall–Kier alpha value is -2.24. The second kappa shape index (κ2) is 6.97. The normalized spacial score (nSPS) is 13.6. The minimum atomic E-state index is -0.793. The van der Waals surface area contributed by atoms with Gasteiger partial charge in [-0.05, 0) is 31.0 Å². The Bertz CT molecular complexity index is 529. The van der Waals surface area contributed by atoms with Gasteiger partial charge in [-0.25, -0.2) is 0 Å². The minimum Gasteiger partial charge on any atom is -0.454 e. The molecule has 2 rings (SSSR count). The Kier molecular flexibility index (Phi) is 5.03. The van der Waals surface area contributed by atoms with Gasteiger partial charge in [-0.2, -0.15) is 0 Å². The summed E-state index contributed by atoms with van der Waals surface area (Å²) < 4.78 is 15.5. The van der Waals surface area contributed by atoms with Crippen LogP contribution in [0.25, 0.3) is 0 Å². The van der Waals surface area contributed by atoms with Gasteiger partial charge >= 0.3 is 5.97 Å². The molecule has 1 aliphatic heterocycles. The number of hydrogen-bond donors (Lipinski definition) is 1. The summed E-state index contributed by atoms with van der Waals surface area (Å²) in [5.41, 5.74) is 0.889. The molecule has 6 nitrogen and oxygen atoms in total. The molecule has 21 heavy (non-hydrogen) atoms. The lowest BCUT2D eigenvalue weighted by Gasteiger charge is -2.13. The first-order valence-corrected chi connectivity index (χ1v) is 6.96. The van der Waals surface area contributed by atoms with E-state index in [-0.39, 0.29) is 18.7 Å². The molecule has 0 aromatic heterocycles. The number of esters is 1. The highest BCUT2D eigenvalue weighted by atomic mass is 16.7. The monoisotopic (exact) mass is 293 g/mol. The molecule has 0 unspecified atom stereocenters. The zero-order chi connectivity index (χ0) is 15.2. The third-order valence-corrected chi connectivity index (χ3v) is 3.04. The molecule has 1 N–H and O–H groups in total. The largest absolute Gasteiger partial charge is 0.454 e. The lowest BCUT2D eigenvalue weighted by Crippen LogP contribution is -2.35. The van der Waals surface area contributed by atoms with Crippen LogP contribution in [0.2, 0.25) is 0 Å². The summed E-state index contributed by atoms with van der Waals surface area (Å²) in [6, 6.07) is 5.46. The molecule has 1 aromatic carbocycles. The van der Waals surface area contributed by atoms with Gasteiger partial charge in [0.1, 0.15) is 0 Å². The fraction of sp³-hybridized carbons (Fsp3) is 0.467. The fourth-order valence-electron chi connectivity index (χ4n) is 1.90. The van der Waals surface area contributed by atoms with Gasteiger partial charge in [0.2, 0.25) is 6.79 Å². The van der Waals surface area contributed by atoms with Gasteiger partial charge in [0.05, 0.1) is 0 Å². The van der Waals surface area contributed by atoms with Crippen molar-refractivity contribution in [2.45, 2.75) is 39.3 Å². The fourth-order valence-corrected chi connectivity index (χ4v) is 1.90. The molecular weight excluding hydrogens is 274 g/mol. The number of carbonyl (C=O) groups is 2. The molecule has 0 aliphatic carbocycles. The van der Waals surface area contributed by atoms with Gasteiger partial charge in [-0.15, -0.1) is 0 Å². The molecule has 1 amide bonds. The van der Waals surface area contributed by atoms with Crippen molar-refractivity contribution >= 4 is 11.9 Å². The maximum Gasteiger partial charge on any atom is 0.306 e. The molecule has 114 valence electrons. The van der Waals surface area contributed by atoms with Gasteiger partial charge < -0.3 is 19.5 Å². The zero-order valence-electron chi connectivity index (χ0n) is 12.2. The molecule has 1 heterocycles. The third-order valence-electron chi connectivity index (χ3n) is 3.04. The van der Waals surface area contributed by atoms with Crippen LogP contribution < -0.4 is 14.8 Å². The molecule has 1 aliphatic rings. The van der Waals surface area contributed by atoms with Crippen LogP contribution in [-0.2, 0) is 20.9 Å². The summed E-state index contributed by atoms with van der Waals surface area (Å²) in [5, 5.41) is 2.72. The molecule has 0 spiro atoms. The van der Waals surface area contributed by atoms with E-state index in [0.29, 0.717) is 30.9 Å². The number of rotatable bonds is 6. The van der Waals surface area contributed by atoms with E-state index >= 15 is 0 Å². The topological polar surface area (TPSA) is 73.9 Å². The van der Waals surface area contributed by atoms with Crippen LogP contribution in [0.1, 0.15) is 32.3 Å². The third kappa shape index (κ3) is 4.11. The SMILES string of the molecule is CCCC(=O)O[C@H](C)C(=O)NCc1ccc2c(c1)OCO2. The molecule has 0 fully saturated rings. The quantitative estimate of drug-likeness (QED) is 0.809. The Morgan fingerprint density at radius 2 is 2.10 bits per heavy atom. The van der Waals surface area contributed by atoms with Crippen molar-refractivity contribution in [3.8, 4) is 11.5 Å². The van der Waals surface area contributed by atoms with E-state index in [0.717, 1.165) is 5.56 Å². The van der Waals surface area contributed by atoms with E-state index in [1.54, 1.807) is 13.0 Å². The van der Waals surface area contributed by atoms with Crippen molar-refractivity contribution < 1.29 is 23.8 Å². The molecule has 1 atom stereocenters. The zero-order valence-corrected chi connectivity index (χ0v) is 12.2. The van der Waals surface area contributed by atoms with Crippen molar-refractivity contribution in [2.75, 3.05) is 6.79 Å². The second-order valence-corrected chi connectivity index (χ2v) is 4.79. The van der Waals surface area contributed by atoms with Crippen molar-refractivity contribution in [1.82, 2.24) is 5.32 Å². The van der Waals surface area contributed by atoms with Crippen molar-refractivity contribution in [3.05, 3.63) is 23.8 Å². The Morgan fingerprint density at radius 1 is 1.33 bits per heavy atom. The van der Waals surface area contributed by atoms with E-state index in [2.05, 4.69) is 5.32 Å². The van der Waals surface area contributed by atoms with Crippen LogP contribution in [0.15, 0.2) is 18.2 Å². The number of benzene rings is 1. The number of nitrogens with one attached hydrogen (secondary N) is 1. The van der Waals surface area contributed by atoms with Gasteiger partial charge in [0, 0.05) is 13.0 Å². The van der Waals surface area contributed by atoms with E-state index in [9.17, 15) is 9.59 Å². The maximum atomic E-state index is 11.8. The lowest BCUT2D eigenvalue weighted by molar-refractivity contribution is -0.154. The van der Waals surface area contributed by atoms with Gasteiger partial charge in [-0.3, -0.25) is 9.59 Å². The standard InChI is InChI=1S/C15H19NO5/c1-3-4-14(17)21-10(2)15(18)16-8-11-5-6-12-13(7-11)20-9-19-12/h5-7,10H,3-4,8-9H2,1-2H3,(H,16,18)/t10-/m1/s1. The number of carbonyl (C=O) groups excluding carboxylic acids is 2. The smallest absolute Gasteiger partial charge is 0.306 e.